The monoisotopic (exact) mass is 307 g/mol. The van der Waals surface area contributed by atoms with E-state index in [9.17, 15) is 0 Å². The third kappa shape index (κ3) is 4.52. The molecule has 2 rings (SSSR count). The molecule has 0 amide bonds. The molecule has 1 N–H and O–H groups in total. The first-order valence-corrected chi connectivity index (χ1v) is 7.53. The van der Waals surface area contributed by atoms with Gasteiger partial charge in [-0.05, 0) is 55.2 Å². The zero-order chi connectivity index (χ0) is 14.5. The van der Waals surface area contributed by atoms with Crippen molar-refractivity contribution < 1.29 is 0 Å². The fraction of sp³-hybridized carbons (Fsp3) is 0.294. The maximum Gasteiger partial charge on any atom is 0.0424 e. The third-order valence-electron chi connectivity index (χ3n) is 3.36. The number of halogens is 2. The quantitative estimate of drug-likeness (QED) is 0.817. The van der Waals surface area contributed by atoms with E-state index in [4.69, 9.17) is 23.2 Å². The molecular formula is C17H19Cl2N. The Hall–Kier alpha value is -1.02. The lowest BCUT2D eigenvalue weighted by atomic mass is 10.0. The molecule has 0 aliphatic heterocycles. The van der Waals surface area contributed by atoms with E-state index in [2.05, 4.69) is 43.4 Å². The Labute approximate surface area is 130 Å². The van der Waals surface area contributed by atoms with Crippen LogP contribution in [0.2, 0.25) is 10.0 Å². The highest BCUT2D eigenvalue weighted by Crippen LogP contribution is 2.19. The number of hydrogen-bond donors (Lipinski definition) is 1. The summed E-state index contributed by atoms with van der Waals surface area (Å²) in [5, 5.41) is 4.87. The first-order chi connectivity index (χ1) is 9.54. The largest absolute Gasteiger partial charge is 0.310 e. The highest BCUT2D eigenvalue weighted by Gasteiger charge is 2.06. The van der Waals surface area contributed by atoms with Gasteiger partial charge in [-0.15, -0.1) is 0 Å². The molecule has 0 aromatic heterocycles. The number of nitrogens with one attached hydrogen (secondary N) is 1. The Morgan fingerprint density at radius 2 is 1.70 bits per heavy atom. The van der Waals surface area contributed by atoms with E-state index in [-0.39, 0.29) is 0 Å². The van der Waals surface area contributed by atoms with Crippen molar-refractivity contribution in [2.75, 3.05) is 0 Å². The molecule has 1 atom stereocenters. The summed E-state index contributed by atoms with van der Waals surface area (Å²) in [6, 6.07) is 14.5. The fourth-order valence-electron chi connectivity index (χ4n) is 2.25. The SMILES string of the molecule is Cc1ccccc1CC(C)NCc1cc(Cl)cc(Cl)c1. The molecular weight excluding hydrogens is 289 g/mol. The Kier molecular flexibility index (Phi) is 5.47. The minimum Gasteiger partial charge on any atom is -0.310 e. The van der Waals surface area contributed by atoms with Crippen molar-refractivity contribution >= 4 is 23.2 Å². The van der Waals surface area contributed by atoms with Gasteiger partial charge in [0.1, 0.15) is 0 Å². The van der Waals surface area contributed by atoms with E-state index in [0.717, 1.165) is 18.5 Å². The molecule has 0 fully saturated rings. The number of rotatable bonds is 5. The van der Waals surface area contributed by atoms with Gasteiger partial charge in [-0.1, -0.05) is 47.5 Å². The van der Waals surface area contributed by atoms with E-state index in [1.807, 2.05) is 12.1 Å². The Balaban J connectivity index is 1.92. The summed E-state index contributed by atoms with van der Waals surface area (Å²) in [7, 11) is 0. The van der Waals surface area contributed by atoms with Crippen LogP contribution in [0.3, 0.4) is 0 Å². The lowest BCUT2D eigenvalue weighted by Crippen LogP contribution is -2.27. The van der Waals surface area contributed by atoms with Crippen molar-refractivity contribution in [2.24, 2.45) is 0 Å². The Morgan fingerprint density at radius 1 is 1.05 bits per heavy atom. The molecule has 0 spiro atoms. The normalized spacial score (nSPS) is 12.4. The minimum atomic E-state index is 0.397. The Bertz CT molecular complexity index is 561. The maximum absolute atomic E-state index is 6.00. The predicted octanol–water partition coefficient (Wildman–Crippen LogP) is 5.02. The van der Waals surface area contributed by atoms with E-state index < -0.39 is 0 Å². The van der Waals surface area contributed by atoms with Gasteiger partial charge in [-0.3, -0.25) is 0 Å². The van der Waals surface area contributed by atoms with Gasteiger partial charge in [-0.25, -0.2) is 0 Å². The lowest BCUT2D eigenvalue weighted by molar-refractivity contribution is 0.544. The van der Waals surface area contributed by atoms with Crippen molar-refractivity contribution in [3.63, 3.8) is 0 Å². The van der Waals surface area contributed by atoms with Crippen LogP contribution in [-0.2, 0) is 13.0 Å². The van der Waals surface area contributed by atoms with Crippen LogP contribution >= 0.6 is 23.2 Å². The second-order valence-electron chi connectivity index (χ2n) is 5.19. The summed E-state index contributed by atoms with van der Waals surface area (Å²) >= 11 is 12.0. The molecule has 3 heteroatoms. The lowest BCUT2D eigenvalue weighted by Gasteiger charge is -2.15. The molecule has 0 radical (unpaired) electrons. The van der Waals surface area contributed by atoms with Crippen LogP contribution in [0.1, 0.15) is 23.6 Å². The second-order valence-corrected chi connectivity index (χ2v) is 6.06. The summed E-state index contributed by atoms with van der Waals surface area (Å²) < 4.78 is 0. The van der Waals surface area contributed by atoms with Crippen molar-refractivity contribution in [3.8, 4) is 0 Å². The summed E-state index contributed by atoms with van der Waals surface area (Å²) in [4.78, 5) is 0. The molecule has 0 saturated heterocycles. The molecule has 1 nitrogen and oxygen atoms in total. The van der Waals surface area contributed by atoms with E-state index in [1.165, 1.54) is 11.1 Å². The van der Waals surface area contributed by atoms with Crippen LogP contribution in [0.4, 0.5) is 0 Å². The summed E-state index contributed by atoms with van der Waals surface area (Å²) in [6.45, 7) is 5.12. The molecule has 0 aliphatic carbocycles. The van der Waals surface area contributed by atoms with Gasteiger partial charge < -0.3 is 5.32 Å². The van der Waals surface area contributed by atoms with Crippen LogP contribution in [0.25, 0.3) is 0 Å². The van der Waals surface area contributed by atoms with Gasteiger partial charge in [0.2, 0.25) is 0 Å². The zero-order valence-corrected chi connectivity index (χ0v) is 13.3. The topological polar surface area (TPSA) is 12.0 Å². The van der Waals surface area contributed by atoms with Gasteiger partial charge in [0, 0.05) is 22.6 Å². The predicted molar refractivity (Wildman–Crippen MR) is 87.6 cm³/mol. The van der Waals surface area contributed by atoms with Gasteiger partial charge in [0.05, 0.1) is 0 Å². The molecule has 0 saturated carbocycles. The van der Waals surface area contributed by atoms with Crippen LogP contribution in [0.15, 0.2) is 42.5 Å². The molecule has 2 aromatic rings. The van der Waals surface area contributed by atoms with Crippen LogP contribution < -0.4 is 5.32 Å². The smallest absolute Gasteiger partial charge is 0.0424 e. The molecule has 2 aromatic carbocycles. The number of benzene rings is 2. The molecule has 0 bridgehead atoms. The summed E-state index contributed by atoms with van der Waals surface area (Å²) in [5.74, 6) is 0. The molecule has 20 heavy (non-hydrogen) atoms. The average molecular weight is 308 g/mol. The molecule has 0 aliphatic rings. The van der Waals surface area contributed by atoms with Crippen LogP contribution in [0.5, 0.6) is 0 Å². The van der Waals surface area contributed by atoms with Crippen molar-refractivity contribution in [1.29, 1.82) is 0 Å². The van der Waals surface area contributed by atoms with Gasteiger partial charge >= 0.3 is 0 Å². The van der Waals surface area contributed by atoms with Crippen molar-refractivity contribution in [1.82, 2.24) is 5.32 Å². The molecule has 106 valence electrons. The highest BCUT2D eigenvalue weighted by atomic mass is 35.5. The molecule has 0 heterocycles. The van der Waals surface area contributed by atoms with Gasteiger partial charge in [-0.2, -0.15) is 0 Å². The highest BCUT2D eigenvalue weighted by molar-refractivity contribution is 6.34. The maximum atomic E-state index is 6.00. The van der Waals surface area contributed by atoms with Crippen molar-refractivity contribution in [2.45, 2.75) is 32.9 Å². The summed E-state index contributed by atoms with van der Waals surface area (Å²) in [5.41, 5.74) is 3.84. The molecule has 1 unspecified atom stereocenters. The van der Waals surface area contributed by atoms with Crippen LogP contribution in [-0.4, -0.2) is 6.04 Å². The number of aryl methyl sites for hydroxylation is 1. The average Bonchev–Trinajstić information content (AvgIpc) is 2.38. The van der Waals surface area contributed by atoms with Gasteiger partial charge in [0.15, 0.2) is 0 Å². The van der Waals surface area contributed by atoms with Crippen LogP contribution in [0, 0.1) is 6.92 Å². The zero-order valence-electron chi connectivity index (χ0n) is 11.8. The standard InChI is InChI=1S/C17H19Cl2N/c1-12-5-3-4-6-15(12)7-13(2)20-11-14-8-16(18)10-17(19)9-14/h3-6,8-10,13,20H,7,11H2,1-2H3. The second kappa shape index (κ2) is 7.12. The van der Waals surface area contributed by atoms with Crippen molar-refractivity contribution in [3.05, 3.63) is 69.2 Å². The van der Waals surface area contributed by atoms with E-state index in [0.29, 0.717) is 16.1 Å². The first kappa shape index (κ1) is 15.4. The van der Waals surface area contributed by atoms with Gasteiger partial charge in [0.25, 0.3) is 0 Å². The van der Waals surface area contributed by atoms with E-state index in [1.54, 1.807) is 6.07 Å². The fourth-order valence-corrected chi connectivity index (χ4v) is 2.82. The van der Waals surface area contributed by atoms with E-state index >= 15 is 0 Å². The Morgan fingerprint density at radius 3 is 2.35 bits per heavy atom. The number of hydrogen-bond acceptors (Lipinski definition) is 1. The summed E-state index contributed by atoms with van der Waals surface area (Å²) in [6.07, 6.45) is 1.01. The third-order valence-corrected chi connectivity index (χ3v) is 3.80. The first-order valence-electron chi connectivity index (χ1n) is 6.77. The minimum absolute atomic E-state index is 0.397.